The molecule has 1 N–H and O–H groups in total. The minimum atomic E-state index is -0.202. The van der Waals surface area contributed by atoms with Crippen molar-refractivity contribution in [2.75, 3.05) is 0 Å². The molecule has 1 amide bonds. The number of carbonyl (C=O) groups is 1. The number of hydrogen-bond acceptors (Lipinski definition) is 6. The number of nitrogens with one attached hydrogen (secondary N) is 1. The molecule has 6 nitrogen and oxygen atoms in total. The second kappa shape index (κ2) is 14.2. The molecule has 6 rings (SSSR count). The summed E-state index contributed by atoms with van der Waals surface area (Å²) in [5.74, 6) is 1.10. The van der Waals surface area contributed by atoms with Gasteiger partial charge in [0.2, 0.25) is 0 Å². The van der Waals surface area contributed by atoms with Gasteiger partial charge in [0.1, 0.15) is 16.5 Å². The van der Waals surface area contributed by atoms with Crippen molar-refractivity contribution in [1.29, 1.82) is 0 Å². The number of thiazole rings is 1. The van der Waals surface area contributed by atoms with Crippen LogP contribution in [0.3, 0.4) is 0 Å². The summed E-state index contributed by atoms with van der Waals surface area (Å²) in [6.45, 7) is 0. The van der Waals surface area contributed by atoms with Crippen LogP contribution in [0.5, 0.6) is 0 Å². The first kappa shape index (κ1) is 30.1. The van der Waals surface area contributed by atoms with E-state index in [2.05, 4.69) is 44.8 Å². The summed E-state index contributed by atoms with van der Waals surface area (Å²) in [7, 11) is 0. The number of rotatable bonds is 11. The summed E-state index contributed by atoms with van der Waals surface area (Å²) in [5.41, 5.74) is 4.53. The van der Waals surface area contributed by atoms with Crippen molar-refractivity contribution in [1.82, 2.24) is 25.1 Å². The normalized spacial score (nSPS) is 11.8. The Morgan fingerprint density at radius 2 is 1.52 bits per heavy atom. The molecule has 0 aliphatic heterocycles. The quantitative estimate of drug-likeness (QED) is 0.141. The smallest absolute Gasteiger partial charge is 0.271 e. The van der Waals surface area contributed by atoms with Crippen LogP contribution in [-0.4, -0.2) is 25.7 Å². The Hall–Kier alpha value is -3.95. The molecule has 4 aromatic carbocycles. The summed E-state index contributed by atoms with van der Waals surface area (Å²) in [6.07, 6.45) is 1.28. The molecule has 6 aromatic rings. The highest BCUT2D eigenvalue weighted by Gasteiger charge is 2.20. The number of aromatic nitrogens is 4. The van der Waals surface area contributed by atoms with Gasteiger partial charge in [-0.3, -0.25) is 9.36 Å². The molecule has 0 saturated carbocycles. The average molecular weight is 657 g/mol. The van der Waals surface area contributed by atoms with Crippen molar-refractivity contribution in [3.05, 3.63) is 158 Å². The summed E-state index contributed by atoms with van der Waals surface area (Å²) in [6, 6.07) is 35.6. The van der Waals surface area contributed by atoms with E-state index in [0.717, 1.165) is 33.2 Å². The molecule has 0 bridgehead atoms. The van der Waals surface area contributed by atoms with E-state index in [0.29, 0.717) is 39.5 Å². The molecular formula is C34H27Cl2N5OS2. The van der Waals surface area contributed by atoms with Crippen molar-refractivity contribution in [2.45, 2.75) is 29.8 Å². The molecule has 0 saturated heterocycles. The third-order valence-electron chi connectivity index (χ3n) is 6.97. The maximum absolute atomic E-state index is 13.4. The molecule has 1 atom stereocenters. The largest absolute Gasteiger partial charge is 0.344 e. The molecule has 0 spiro atoms. The van der Waals surface area contributed by atoms with Crippen LogP contribution >= 0.6 is 46.3 Å². The van der Waals surface area contributed by atoms with Crippen molar-refractivity contribution in [3.8, 4) is 5.69 Å². The first-order valence-corrected chi connectivity index (χ1v) is 16.6. The number of thioether (sulfide) groups is 1. The fraction of sp³-hybridized carbons (Fsp3) is 0.118. The Balaban J connectivity index is 1.19. The number of benzene rings is 4. The van der Waals surface area contributed by atoms with E-state index in [1.807, 2.05) is 83.4 Å². The van der Waals surface area contributed by atoms with Crippen LogP contribution in [0.2, 0.25) is 10.0 Å². The predicted molar refractivity (Wildman–Crippen MR) is 179 cm³/mol. The van der Waals surface area contributed by atoms with Gasteiger partial charge < -0.3 is 5.32 Å². The van der Waals surface area contributed by atoms with Crippen molar-refractivity contribution < 1.29 is 4.79 Å². The Morgan fingerprint density at radius 3 is 2.23 bits per heavy atom. The predicted octanol–water partition coefficient (Wildman–Crippen LogP) is 8.63. The number of hydrogen-bond donors (Lipinski definition) is 1. The van der Waals surface area contributed by atoms with Gasteiger partial charge in [0, 0.05) is 11.8 Å². The van der Waals surface area contributed by atoms with Gasteiger partial charge in [0.05, 0.1) is 27.5 Å². The van der Waals surface area contributed by atoms with Crippen molar-refractivity contribution in [2.24, 2.45) is 0 Å². The second-order valence-corrected chi connectivity index (χ2v) is 12.7. The topological polar surface area (TPSA) is 72.7 Å². The number of nitrogens with zero attached hydrogens (tertiary/aromatic N) is 4. The third kappa shape index (κ3) is 7.39. The Labute approximate surface area is 274 Å². The van der Waals surface area contributed by atoms with Gasteiger partial charge in [-0.2, -0.15) is 0 Å². The van der Waals surface area contributed by atoms with Gasteiger partial charge in [0.15, 0.2) is 5.16 Å². The van der Waals surface area contributed by atoms with E-state index in [1.54, 1.807) is 11.4 Å². The monoisotopic (exact) mass is 655 g/mol. The third-order valence-corrected chi connectivity index (χ3v) is 9.68. The molecule has 0 aliphatic rings. The number of halogens is 2. The fourth-order valence-corrected chi connectivity index (χ4v) is 6.85. The molecule has 10 heteroatoms. The maximum atomic E-state index is 13.4. The zero-order chi connectivity index (χ0) is 30.3. The zero-order valence-electron chi connectivity index (χ0n) is 23.4. The van der Waals surface area contributed by atoms with Gasteiger partial charge in [-0.1, -0.05) is 126 Å². The van der Waals surface area contributed by atoms with Gasteiger partial charge in [0.25, 0.3) is 5.91 Å². The summed E-state index contributed by atoms with van der Waals surface area (Å²) in [4.78, 5) is 18.0. The van der Waals surface area contributed by atoms with Crippen LogP contribution in [0.25, 0.3) is 5.69 Å². The standard InChI is InChI=1S/C34H27Cl2N5OS2/c35-27-17-16-26(20-28(27)36)41-31(19-24-12-6-2-7-13-24)39-40-34(41)44-22-32-37-30(21-43-32)33(42)38-29(25-14-8-3-9-15-25)18-23-10-4-1-5-11-23/h1-17,20-21,29H,18-19,22H2,(H,38,42). The van der Waals surface area contributed by atoms with E-state index in [9.17, 15) is 4.79 Å². The lowest BCUT2D eigenvalue weighted by molar-refractivity contribution is 0.0932. The molecular weight excluding hydrogens is 629 g/mol. The Kier molecular flexibility index (Phi) is 9.73. The van der Waals surface area contributed by atoms with Gasteiger partial charge in [-0.05, 0) is 41.3 Å². The van der Waals surface area contributed by atoms with Gasteiger partial charge in [-0.15, -0.1) is 21.5 Å². The summed E-state index contributed by atoms with van der Waals surface area (Å²) < 4.78 is 2.00. The molecule has 2 aromatic heterocycles. The van der Waals surface area contributed by atoms with Crippen LogP contribution in [0.1, 0.15) is 44.1 Å². The average Bonchev–Trinajstić information content (AvgIpc) is 3.70. The Morgan fingerprint density at radius 1 is 0.841 bits per heavy atom. The first-order chi connectivity index (χ1) is 21.5. The second-order valence-electron chi connectivity index (χ2n) is 10.0. The van der Waals surface area contributed by atoms with Crippen molar-refractivity contribution >= 4 is 52.2 Å². The van der Waals surface area contributed by atoms with Crippen LogP contribution < -0.4 is 5.32 Å². The van der Waals surface area contributed by atoms with Gasteiger partial charge in [-0.25, -0.2) is 4.98 Å². The molecule has 0 radical (unpaired) electrons. The maximum Gasteiger partial charge on any atom is 0.271 e. The highest BCUT2D eigenvalue weighted by atomic mass is 35.5. The van der Waals surface area contributed by atoms with E-state index < -0.39 is 0 Å². The molecule has 0 fully saturated rings. The highest BCUT2D eigenvalue weighted by molar-refractivity contribution is 7.98. The van der Waals surface area contributed by atoms with Crippen molar-refractivity contribution in [3.63, 3.8) is 0 Å². The van der Waals surface area contributed by atoms with E-state index in [1.165, 1.54) is 23.1 Å². The Bertz CT molecular complexity index is 1850. The van der Waals surface area contributed by atoms with Crippen LogP contribution in [0.15, 0.2) is 120 Å². The minimum Gasteiger partial charge on any atom is -0.344 e. The molecule has 220 valence electrons. The molecule has 2 heterocycles. The SMILES string of the molecule is O=C(NC(Cc1ccccc1)c1ccccc1)c1csc(CSc2nnc(Cc3ccccc3)n2-c2ccc(Cl)c(Cl)c2)n1. The summed E-state index contributed by atoms with van der Waals surface area (Å²) >= 11 is 15.5. The summed E-state index contributed by atoms with van der Waals surface area (Å²) in [5, 5.41) is 16.5. The number of carbonyl (C=O) groups excluding carboxylic acids is 1. The van der Waals surface area contributed by atoms with Crippen LogP contribution in [-0.2, 0) is 18.6 Å². The van der Waals surface area contributed by atoms with Crippen LogP contribution in [0, 0.1) is 0 Å². The molecule has 44 heavy (non-hydrogen) atoms. The fourth-order valence-electron chi connectivity index (χ4n) is 4.80. The van der Waals surface area contributed by atoms with E-state index >= 15 is 0 Å². The number of amides is 1. The lowest BCUT2D eigenvalue weighted by Crippen LogP contribution is -2.30. The lowest BCUT2D eigenvalue weighted by Gasteiger charge is -2.19. The van der Waals surface area contributed by atoms with Gasteiger partial charge >= 0.3 is 0 Å². The van der Waals surface area contributed by atoms with E-state index in [-0.39, 0.29) is 11.9 Å². The highest BCUT2D eigenvalue weighted by Crippen LogP contribution is 2.31. The minimum absolute atomic E-state index is 0.182. The lowest BCUT2D eigenvalue weighted by atomic mass is 9.99. The molecule has 0 aliphatic carbocycles. The van der Waals surface area contributed by atoms with E-state index in [4.69, 9.17) is 23.2 Å². The zero-order valence-corrected chi connectivity index (χ0v) is 26.6. The molecule has 1 unspecified atom stereocenters. The first-order valence-electron chi connectivity index (χ1n) is 13.9. The van der Waals surface area contributed by atoms with Crippen LogP contribution in [0.4, 0.5) is 0 Å².